The molecule has 0 N–H and O–H groups in total. The number of carbonyl (C=O) groups is 4. The molecule has 8 heteroatoms. The van der Waals surface area contributed by atoms with Gasteiger partial charge in [0.1, 0.15) is 6.54 Å². The molecule has 2 aromatic rings. The molecule has 4 amide bonds. The maximum Gasteiger partial charge on any atom is 0.334 e. The van der Waals surface area contributed by atoms with Gasteiger partial charge in [-0.3, -0.25) is 14.5 Å². The van der Waals surface area contributed by atoms with Crippen LogP contribution in [0.1, 0.15) is 0 Å². The predicted molar refractivity (Wildman–Crippen MR) is 87.2 cm³/mol. The maximum atomic E-state index is 12.1. The van der Waals surface area contributed by atoms with Gasteiger partial charge >= 0.3 is 23.8 Å². The molecule has 0 aromatic heterocycles. The fourth-order valence-electron chi connectivity index (χ4n) is 2.35. The van der Waals surface area contributed by atoms with E-state index < -0.39 is 30.4 Å². The largest absolute Gasteiger partial charge is 0.423 e. The molecular formula is C16H11BrN2O5. The number of rotatable bonds is 3. The zero-order valence-corrected chi connectivity index (χ0v) is 14.1. The van der Waals surface area contributed by atoms with Crippen LogP contribution in [0.5, 0.6) is 5.75 Å². The van der Waals surface area contributed by atoms with Gasteiger partial charge in [0.15, 0.2) is 5.75 Å². The van der Waals surface area contributed by atoms with Gasteiger partial charge in [-0.05, 0) is 27.4 Å². The van der Waals surface area contributed by atoms with E-state index in [4.69, 9.17) is 4.74 Å². The quantitative estimate of drug-likeness (QED) is 0.346. The minimum atomic E-state index is -1.04. The first-order valence-electron chi connectivity index (χ1n) is 6.91. The van der Waals surface area contributed by atoms with Crippen molar-refractivity contribution in [2.24, 2.45) is 0 Å². The van der Waals surface area contributed by atoms with E-state index in [0.29, 0.717) is 19.7 Å². The van der Waals surface area contributed by atoms with Crippen molar-refractivity contribution in [3.05, 3.63) is 40.9 Å². The number of carbonyl (C=O) groups excluding carboxylic acids is 4. The summed E-state index contributed by atoms with van der Waals surface area (Å²) < 4.78 is 5.88. The van der Waals surface area contributed by atoms with E-state index in [9.17, 15) is 19.2 Å². The molecule has 7 nitrogen and oxygen atoms in total. The van der Waals surface area contributed by atoms with Crippen LogP contribution >= 0.6 is 15.9 Å². The number of likely N-dealkylation sites (N-methyl/N-ethyl adjacent to an activating group) is 1. The molecule has 0 aliphatic carbocycles. The molecule has 1 heterocycles. The first-order valence-corrected chi connectivity index (χ1v) is 7.71. The van der Waals surface area contributed by atoms with Crippen LogP contribution in [0, 0.1) is 0 Å². The molecular weight excluding hydrogens is 380 g/mol. The van der Waals surface area contributed by atoms with Gasteiger partial charge in [0.2, 0.25) is 0 Å². The van der Waals surface area contributed by atoms with Gasteiger partial charge in [-0.25, -0.2) is 14.5 Å². The Kier molecular flexibility index (Phi) is 4.06. The van der Waals surface area contributed by atoms with Crippen molar-refractivity contribution < 1.29 is 23.9 Å². The zero-order chi connectivity index (χ0) is 17.4. The summed E-state index contributed by atoms with van der Waals surface area (Å²) in [5.41, 5.74) is 0. The van der Waals surface area contributed by atoms with E-state index in [1.54, 1.807) is 18.2 Å². The molecule has 1 fully saturated rings. The van der Waals surface area contributed by atoms with E-state index in [2.05, 4.69) is 15.9 Å². The monoisotopic (exact) mass is 390 g/mol. The number of nitrogens with zero attached hydrogens (tertiary/aromatic N) is 2. The minimum Gasteiger partial charge on any atom is -0.423 e. The first kappa shape index (κ1) is 16.1. The molecule has 2 aromatic carbocycles. The average molecular weight is 391 g/mol. The zero-order valence-electron chi connectivity index (χ0n) is 12.5. The van der Waals surface area contributed by atoms with Gasteiger partial charge in [0, 0.05) is 12.4 Å². The second kappa shape index (κ2) is 6.04. The number of hydrogen-bond acceptors (Lipinski definition) is 5. The fraction of sp³-hybridized carbons (Fsp3) is 0.125. The van der Waals surface area contributed by atoms with E-state index in [-0.39, 0.29) is 5.75 Å². The van der Waals surface area contributed by atoms with Crippen molar-refractivity contribution >= 4 is 50.5 Å². The molecule has 0 spiro atoms. The van der Waals surface area contributed by atoms with Crippen molar-refractivity contribution in [3.8, 4) is 5.75 Å². The SMILES string of the molecule is CN1C(=O)C(=O)N(CC(=O)Oc2c(Br)ccc3ccccc23)C1=O. The fourth-order valence-corrected chi connectivity index (χ4v) is 2.78. The topological polar surface area (TPSA) is 84.0 Å². The lowest BCUT2D eigenvalue weighted by molar-refractivity contribution is -0.145. The molecule has 0 radical (unpaired) electrons. The molecule has 0 saturated carbocycles. The number of benzene rings is 2. The van der Waals surface area contributed by atoms with E-state index in [1.165, 1.54) is 7.05 Å². The highest BCUT2D eigenvalue weighted by molar-refractivity contribution is 9.10. The summed E-state index contributed by atoms with van der Waals surface area (Å²) >= 11 is 3.31. The van der Waals surface area contributed by atoms with Crippen molar-refractivity contribution in [3.63, 3.8) is 0 Å². The Morgan fingerprint density at radius 1 is 1.08 bits per heavy atom. The molecule has 1 saturated heterocycles. The standard InChI is InChI=1S/C16H11BrN2O5/c1-18-14(21)15(22)19(16(18)23)8-12(20)24-13-10-5-3-2-4-9(10)6-7-11(13)17/h2-7H,8H2,1H3. The Hall–Kier alpha value is -2.74. The number of hydrogen-bond donors (Lipinski definition) is 0. The molecule has 24 heavy (non-hydrogen) atoms. The van der Waals surface area contributed by atoms with Crippen LogP contribution in [0.3, 0.4) is 0 Å². The van der Waals surface area contributed by atoms with Gasteiger partial charge in [0.25, 0.3) is 0 Å². The van der Waals surface area contributed by atoms with E-state index in [0.717, 1.165) is 5.39 Å². The Labute approximate surface area is 144 Å². The van der Waals surface area contributed by atoms with Gasteiger partial charge in [-0.15, -0.1) is 0 Å². The summed E-state index contributed by atoms with van der Waals surface area (Å²) in [6, 6.07) is 10.0. The number of imide groups is 2. The third kappa shape index (κ3) is 2.65. The predicted octanol–water partition coefficient (Wildman–Crippen LogP) is 1.93. The summed E-state index contributed by atoms with van der Waals surface area (Å²) in [4.78, 5) is 48.3. The highest BCUT2D eigenvalue weighted by Gasteiger charge is 2.43. The molecule has 0 unspecified atom stereocenters. The summed E-state index contributed by atoms with van der Waals surface area (Å²) in [5.74, 6) is -2.55. The van der Waals surface area contributed by atoms with Crippen LogP contribution in [-0.2, 0) is 14.4 Å². The summed E-state index contributed by atoms with van der Waals surface area (Å²) in [6.45, 7) is -0.636. The van der Waals surface area contributed by atoms with Crippen LogP contribution in [-0.4, -0.2) is 47.2 Å². The van der Waals surface area contributed by atoms with Crippen LogP contribution in [0.2, 0.25) is 0 Å². The Morgan fingerprint density at radius 2 is 1.79 bits per heavy atom. The maximum absolute atomic E-state index is 12.1. The van der Waals surface area contributed by atoms with Crippen molar-refractivity contribution in [1.82, 2.24) is 9.80 Å². The molecule has 122 valence electrons. The van der Waals surface area contributed by atoms with Gasteiger partial charge in [-0.2, -0.15) is 0 Å². The normalized spacial score (nSPS) is 14.7. The number of fused-ring (bicyclic) bond motifs is 1. The lowest BCUT2D eigenvalue weighted by Crippen LogP contribution is -2.37. The lowest BCUT2D eigenvalue weighted by Gasteiger charge is -2.14. The smallest absolute Gasteiger partial charge is 0.334 e. The summed E-state index contributed by atoms with van der Waals surface area (Å²) in [7, 11) is 1.18. The number of esters is 1. The van der Waals surface area contributed by atoms with Gasteiger partial charge in [0.05, 0.1) is 4.47 Å². The van der Waals surface area contributed by atoms with Crippen LogP contribution in [0.15, 0.2) is 40.9 Å². The van der Waals surface area contributed by atoms with Crippen LogP contribution < -0.4 is 4.74 Å². The molecule has 1 aliphatic rings. The molecule has 0 bridgehead atoms. The third-order valence-corrected chi connectivity index (χ3v) is 4.21. The number of amides is 4. The van der Waals surface area contributed by atoms with Crippen molar-refractivity contribution in [1.29, 1.82) is 0 Å². The Morgan fingerprint density at radius 3 is 2.46 bits per heavy atom. The summed E-state index contributed by atoms with van der Waals surface area (Å²) in [5, 5.41) is 1.57. The molecule has 3 rings (SSSR count). The van der Waals surface area contributed by atoms with Crippen LogP contribution in [0.25, 0.3) is 10.8 Å². The first-order chi connectivity index (χ1) is 11.4. The highest BCUT2D eigenvalue weighted by atomic mass is 79.9. The van der Waals surface area contributed by atoms with E-state index >= 15 is 0 Å². The minimum absolute atomic E-state index is 0.289. The highest BCUT2D eigenvalue weighted by Crippen LogP contribution is 2.33. The average Bonchev–Trinajstić information content (AvgIpc) is 2.75. The second-order valence-electron chi connectivity index (χ2n) is 5.11. The second-order valence-corrected chi connectivity index (χ2v) is 5.96. The number of urea groups is 1. The Bertz CT molecular complexity index is 895. The Balaban J connectivity index is 1.84. The van der Waals surface area contributed by atoms with E-state index in [1.807, 2.05) is 18.2 Å². The van der Waals surface area contributed by atoms with Gasteiger partial charge < -0.3 is 4.74 Å². The lowest BCUT2D eigenvalue weighted by atomic mass is 10.1. The molecule has 0 atom stereocenters. The summed E-state index contributed by atoms with van der Waals surface area (Å²) in [6.07, 6.45) is 0. The number of ether oxygens (including phenoxy) is 1. The van der Waals surface area contributed by atoms with Crippen molar-refractivity contribution in [2.45, 2.75) is 0 Å². The van der Waals surface area contributed by atoms with Crippen LogP contribution in [0.4, 0.5) is 4.79 Å². The number of halogens is 1. The molecule has 1 aliphatic heterocycles. The third-order valence-electron chi connectivity index (χ3n) is 3.59. The van der Waals surface area contributed by atoms with Crippen molar-refractivity contribution in [2.75, 3.05) is 13.6 Å². The van der Waals surface area contributed by atoms with Gasteiger partial charge in [-0.1, -0.05) is 30.3 Å².